The van der Waals surface area contributed by atoms with E-state index in [0.29, 0.717) is 13.1 Å². The molecule has 6 nitrogen and oxygen atoms in total. The minimum atomic E-state index is -0.471. The van der Waals surface area contributed by atoms with E-state index in [9.17, 15) is 4.79 Å². The first-order valence-electron chi connectivity index (χ1n) is 6.58. The van der Waals surface area contributed by atoms with Crippen LogP contribution in [0, 0.1) is 0 Å². The predicted molar refractivity (Wildman–Crippen MR) is 71.7 cm³/mol. The van der Waals surface area contributed by atoms with Gasteiger partial charge < -0.3 is 19.9 Å². The van der Waals surface area contributed by atoms with Crippen LogP contribution in [0.4, 0.5) is 4.79 Å². The second-order valence-electron chi connectivity index (χ2n) is 5.96. The Balaban J connectivity index is 2.03. The molecule has 0 spiro atoms. The van der Waals surface area contributed by atoms with E-state index in [1.807, 2.05) is 31.5 Å². The number of carbonyl (C=O) groups is 1. The average Bonchev–Trinajstić information content (AvgIpc) is 2.80. The van der Waals surface area contributed by atoms with Crippen LogP contribution in [0.15, 0.2) is 18.7 Å². The summed E-state index contributed by atoms with van der Waals surface area (Å²) in [4.78, 5) is 17.8. The molecule has 1 aromatic heterocycles. The van der Waals surface area contributed by atoms with E-state index in [1.165, 1.54) is 0 Å². The third-order valence-corrected chi connectivity index (χ3v) is 3.19. The summed E-state index contributed by atoms with van der Waals surface area (Å²) in [6, 6.07) is 0.0941. The molecule has 2 rings (SSSR count). The third kappa shape index (κ3) is 3.47. The number of hydrogen-bond donors (Lipinski definition) is 1. The molecule has 19 heavy (non-hydrogen) atoms. The van der Waals surface area contributed by atoms with E-state index in [-0.39, 0.29) is 18.2 Å². The Morgan fingerprint density at radius 2 is 2.21 bits per heavy atom. The highest BCUT2D eigenvalue weighted by Gasteiger charge is 2.32. The zero-order valence-electron chi connectivity index (χ0n) is 11.7. The predicted octanol–water partition coefficient (Wildman–Crippen LogP) is 1.39. The minimum Gasteiger partial charge on any atom is -0.444 e. The number of carbonyl (C=O) groups excluding carboxylic acids is 1. The maximum atomic E-state index is 12.1. The summed E-state index contributed by atoms with van der Waals surface area (Å²) in [5.74, 6) is 0. The van der Waals surface area contributed by atoms with Crippen molar-refractivity contribution < 1.29 is 9.53 Å². The van der Waals surface area contributed by atoms with Crippen LogP contribution in [-0.2, 0) is 4.74 Å². The molecule has 0 aliphatic carbocycles. The van der Waals surface area contributed by atoms with Crippen molar-refractivity contribution in [3.05, 3.63) is 18.7 Å². The van der Waals surface area contributed by atoms with Gasteiger partial charge in [0, 0.05) is 31.5 Å². The molecule has 0 radical (unpaired) electrons. The molecule has 2 heterocycles. The molecule has 1 aliphatic rings. The molecule has 1 aromatic rings. The first kappa shape index (κ1) is 13.9. The van der Waals surface area contributed by atoms with Gasteiger partial charge in [0.15, 0.2) is 0 Å². The molecule has 2 atom stereocenters. The molecule has 1 fully saturated rings. The van der Waals surface area contributed by atoms with Crippen molar-refractivity contribution in [3.8, 4) is 0 Å². The van der Waals surface area contributed by atoms with Gasteiger partial charge in [-0.25, -0.2) is 9.78 Å². The molecule has 0 bridgehead atoms. The summed E-state index contributed by atoms with van der Waals surface area (Å²) >= 11 is 0. The summed E-state index contributed by atoms with van der Waals surface area (Å²) in [5.41, 5.74) is 5.66. The fourth-order valence-corrected chi connectivity index (χ4v) is 2.22. The summed E-state index contributed by atoms with van der Waals surface area (Å²) < 4.78 is 7.36. The zero-order chi connectivity index (χ0) is 14.0. The van der Waals surface area contributed by atoms with Crippen molar-refractivity contribution in [2.45, 2.75) is 44.9 Å². The van der Waals surface area contributed by atoms with Gasteiger partial charge in [-0.15, -0.1) is 0 Å². The molecule has 1 aliphatic heterocycles. The van der Waals surface area contributed by atoms with Gasteiger partial charge in [0.1, 0.15) is 5.60 Å². The van der Waals surface area contributed by atoms with E-state index in [1.54, 1.807) is 17.4 Å². The molecule has 106 valence electrons. The topological polar surface area (TPSA) is 73.4 Å². The summed E-state index contributed by atoms with van der Waals surface area (Å²) in [7, 11) is 0. The zero-order valence-corrected chi connectivity index (χ0v) is 11.7. The third-order valence-electron chi connectivity index (χ3n) is 3.19. The van der Waals surface area contributed by atoms with Gasteiger partial charge >= 0.3 is 6.09 Å². The van der Waals surface area contributed by atoms with Crippen molar-refractivity contribution in [3.63, 3.8) is 0 Å². The van der Waals surface area contributed by atoms with Crippen molar-refractivity contribution >= 4 is 6.09 Å². The van der Waals surface area contributed by atoms with Gasteiger partial charge in [-0.2, -0.15) is 0 Å². The number of ether oxygens (including phenoxy) is 1. The number of aromatic nitrogens is 2. The summed E-state index contributed by atoms with van der Waals surface area (Å²) in [5, 5.41) is 0. The maximum Gasteiger partial charge on any atom is 0.410 e. The standard InChI is InChI=1S/C13H22N4O2/c1-13(2,3)19-12(18)16-6-4-10(14)11(8-16)17-7-5-15-9-17/h5,7,9-11H,4,6,8,14H2,1-3H3. The first-order chi connectivity index (χ1) is 8.87. The number of hydrogen-bond acceptors (Lipinski definition) is 4. The quantitative estimate of drug-likeness (QED) is 0.833. The molecule has 1 saturated heterocycles. The van der Waals surface area contributed by atoms with E-state index in [4.69, 9.17) is 10.5 Å². The highest BCUT2D eigenvalue weighted by atomic mass is 16.6. The minimum absolute atomic E-state index is 0.0351. The fraction of sp³-hybridized carbons (Fsp3) is 0.692. The van der Waals surface area contributed by atoms with E-state index in [2.05, 4.69) is 4.98 Å². The van der Waals surface area contributed by atoms with Crippen molar-refractivity contribution in [1.29, 1.82) is 0 Å². The second kappa shape index (κ2) is 5.21. The van der Waals surface area contributed by atoms with Crippen LogP contribution in [0.1, 0.15) is 33.2 Å². The Morgan fingerprint density at radius 1 is 1.47 bits per heavy atom. The lowest BCUT2D eigenvalue weighted by Gasteiger charge is -2.37. The molecule has 6 heteroatoms. The Bertz CT molecular complexity index is 424. The monoisotopic (exact) mass is 266 g/mol. The van der Waals surface area contributed by atoms with Crippen LogP contribution in [0.2, 0.25) is 0 Å². The van der Waals surface area contributed by atoms with Gasteiger partial charge in [-0.1, -0.05) is 0 Å². The highest BCUT2D eigenvalue weighted by molar-refractivity contribution is 5.68. The number of amides is 1. The van der Waals surface area contributed by atoms with Crippen LogP contribution in [0.5, 0.6) is 0 Å². The molecule has 2 N–H and O–H groups in total. The lowest BCUT2D eigenvalue weighted by Crippen LogP contribution is -2.50. The van der Waals surface area contributed by atoms with Gasteiger partial charge in [-0.05, 0) is 27.2 Å². The second-order valence-corrected chi connectivity index (χ2v) is 5.96. The number of nitrogens with two attached hydrogens (primary N) is 1. The smallest absolute Gasteiger partial charge is 0.410 e. The van der Waals surface area contributed by atoms with Crippen LogP contribution in [0.25, 0.3) is 0 Å². The van der Waals surface area contributed by atoms with Gasteiger partial charge in [0.25, 0.3) is 0 Å². The van der Waals surface area contributed by atoms with Gasteiger partial charge in [-0.3, -0.25) is 0 Å². The lowest BCUT2D eigenvalue weighted by molar-refractivity contribution is 0.0156. The Hall–Kier alpha value is -1.56. The normalized spacial score (nSPS) is 24.3. The number of rotatable bonds is 1. The van der Waals surface area contributed by atoms with E-state index < -0.39 is 5.60 Å². The molecule has 0 saturated carbocycles. The lowest BCUT2D eigenvalue weighted by atomic mass is 10.0. The molecule has 2 unspecified atom stereocenters. The summed E-state index contributed by atoms with van der Waals surface area (Å²) in [6.45, 7) is 6.81. The Morgan fingerprint density at radius 3 is 2.79 bits per heavy atom. The maximum absolute atomic E-state index is 12.1. The van der Waals surface area contributed by atoms with Crippen molar-refractivity contribution in [2.75, 3.05) is 13.1 Å². The van der Waals surface area contributed by atoms with Crippen LogP contribution in [0.3, 0.4) is 0 Å². The Kier molecular flexibility index (Phi) is 3.80. The first-order valence-corrected chi connectivity index (χ1v) is 6.58. The Labute approximate surface area is 113 Å². The fourth-order valence-electron chi connectivity index (χ4n) is 2.22. The van der Waals surface area contributed by atoms with Gasteiger partial charge in [0.2, 0.25) is 0 Å². The van der Waals surface area contributed by atoms with E-state index >= 15 is 0 Å². The van der Waals surface area contributed by atoms with Crippen LogP contribution in [-0.4, -0.2) is 45.3 Å². The number of likely N-dealkylation sites (tertiary alicyclic amines) is 1. The molecular weight excluding hydrogens is 244 g/mol. The van der Waals surface area contributed by atoms with Crippen LogP contribution < -0.4 is 5.73 Å². The number of nitrogens with zero attached hydrogens (tertiary/aromatic N) is 3. The van der Waals surface area contributed by atoms with Crippen LogP contribution >= 0.6 is 0 Å². The summed E-state index contributed by atoms with van der Waals surface area (Å²) in [6.07, 6.45) is 5.83. The number of piperidine rings is 1. The van der Waals surface area contributed by atoms with Gasteiger partial charge in [0.05, 0.1) is 12.4 Å². The van der Waals surface area contributed by atoms with Crippen molar-refractivity contribution in [2.24, 2.45) is 5.73 Å². The van der Waals surface area contributed by atoms with Crippen molar-refractivity contribution in [1.82, 2.24) is 14.5 Å². The molecule has 1 amide bonds. The molecular formula is C13H22N4O2. The van der Waals surface area contributed by atoms with E-state index in [0.717, 1.165) is 6.42 Å². The SMILES string of the molecule is CC(C)(C)OC(=O)N1CCC(N)C(n2ccnc2)C1. The average molecular weight is 266 g/mol. The highest BCUT2D eigenvalue weighted by Crippen LogP contribution is 2.22. The molecule has 0 aromatic carbocycles. The largest absolute Gasteiger partial charge is 0.444 e. The number of imidazole rings is 1.